The van der Waals surface area contributed by atoms with Crippen LogP contribution in [-0.4, -0.2) is 15.8 Å². The van der Waals surface area contributed by atoms with Gasteiger partial charge in [-0.1, -0.05) is 24.6 Å². The lowest BCUT2D eigenvalue weighted by Crippen LogP contribution is -2.25. The van der Waals surface area contributed by atoms with Crippen molar-refractivity contribution in [2.24, 2.45) is 5.92 Å². The number of para-hydroxylation sites is 1. The van der Waals surface area contributed by atoms with E-state index in [-0.39, 0.29) is 0 Å². The van der Waals surface area contributed by atoms with Crippen LogP contribution in [0, 0.1) is 5.92 Å². The molecule has 1 aliphatic rings. The van der Waals surface area contributed by atoms with Crippen molar-refractivity contribution in [2.75, 3.05) is 5.32 Å². The normalized spacial score (nSPS) is 22.7. The van der Waals surface area contributed by atoms with Crippen molar-refractivity contribution in [3.8, 4) is 5.69 Å². The monoisotopic (exact) mass is 289 g/mol. The summed E-state index contributed by atoms with van der Waals surface area (Å²) in [5.41, 5.74) is 2.01. The Bertz CT molecular complexity index is 557. The first-order valence-electron chi connectivity index (χ1n) is 7.29. The van der Waals surface area contributed by atoms with Gasteiger partial charge in [0, 0.05) is 18.4 Å². The molecule has 0 spiro atoms. The molecule has 3 nitrogen and oxygen atoms in total. The van der Waals surface area contributed by atoms with Gasteiger partial charge in [0.05, 0.1) is 10.7 Å². The standard InChI is InChI=1S/C16H20ClN3/c1-12-6-8-13(9-7-12)19-15-5-2-4-14(17)16(15)20-11-3-10-18-20/h2-5,10-13,19H,6-9H2,1H3. The molecule has 0 radical (unpaired) electrons. The van der Waals surface area contributed by atoms with Crippen LogP contribution in [-0.2, 0) is 0 Å². The number of nitrogens with zero attached hydrogens (tertiary/aromatic N) is 2. The molecule has 0 amide bonds. The number of halogens is 1. The quantitative estimate of drug-likeness (QED) is 0.900. The third-order valence-corrected chi connectivity index (χ3v) is 4.40. The van der Waals surface area contributed by atoms with Crippen LogP contribution in [0.2, 0.25) is 5.02 Å². The zero-order chi connectivity index (χ0) is 13.9. The molecule has 0 unspecified atom stereocenters. The van der Waals surface area contributed by atoms with E-state index in [0.717, 1.165) is 22.3 Å². The van der Waals surface area contributed by atoms with Gasteiger partial charge in [-0.25, -0.2) is 4.68 Å². The van der Waals surface area contributed by atoms with Crippen molar-refractivity contribution in [3.05, 3.63) is 41.7 Å². The maximum Gasteiger partial charge on any atom is 0.106 e. The molecular formula is C16H20ClN3. The van der Waals surface area contributed by atoms with Gasteiger partial charge < -0.3 is 5.32 Å². The predicted octanol–water partition coefficient (Wildman–Crippen LogP) is 4.52. The summed E-state index contributed by atoms with van der Waals surface area (Å²) in [7, 11) is 0. The molecule has 1 saturated carbocycles. The molecule has 0 atom stereocenters. The first-order valence-corrected chi connectivity index (χ1v) is 7.67. The van der Waals surface area contributed by atoms with Crippen LogP contribution in [0.15, 0.2) is 36.7 Å². The van der Waals surface area contributed by atoms with E-state index in [1.54, 1.807) is 6.20 Å². The average Bonchev–Trinajstić information content (AvgIpc) is 2.95. The van der Waals surface area contributed by atoms with Crippen molar-refractivity contribution >= 4 is 17.3 Å². The maximum absolute atomic E-state index is 6.36. The Kier molecular flexibility index (Phi) is 3.97. The van der Waals surface area contributed by atoms with E-state index >= 15 is 0 Å². The molecule has 4 heteroatoms. The smallest absolute Gasteiger partial charge is 0.106 e. The van der Waals surface area contributed by atoms with E-state index in [1.807, 2.05) is 29.1 Å². The van der Waals surface area contributed by atoms with E-state index in [9.17, 15) is 0 Å². The van der Waals surface area contributed by atoms with Crippen molar-refractivity contribution in [1.29, 1.82) is 0 Å². The molecule has 3 rings (SSSR count). The molecule has 0 aliphatic heterocycles. The molecule has 1 heterocycles. The number of hydrogen-bond acceptors (Lipinski definition) is 2. The summed E-state index contributed by atoms with van der Waals surface area (Å²) in [4.78, 5) is 0. The molecule has 106 valence electrons. The Morgan fingerprint density at radius 1 is 1.20 bits per heavy atom. The van der Waals surface area contributed by atoms with Crippen LogP contribution < -0.4 is 5.32 Å². The molecule has 2 aromatic rings. The number of rotatable bonds is 3. The summed E-state index contributed by atoms with van der Waals surface area (Å²) < 4.78 is 1.83. The molecule has 1 aromatic heterocycles. The van der Waals surface area contributed by atoms with E-state index in [2.05, 4.69) is 23.4 Å². The maximum atomic E-state index is 6.36. The minimum atomic E-state index is 0.541. The second-order valence-corrected chi connectivity index (χ2v) is 6.09. The molecule has 1 N–H and O–H groups in total. The van der Waals surface area contributed by atoms with Crippen LogP contribution >= 0.6 is 11.6 Å². The predicted molar refractivity (Wildman–Crippen MR) is 83.6 cm³/mol. The second kappa shape index (κ2) is 5.88. The van der Waals surface area contributed by atoms with Crippen molar-refractivity contribution in [3.63, 3.8) is 0 Å². The van der Waals surface area contributed by atoms with Crippen LogP contribution in [0.25, 0.3) is 5.69 Å². The van der Waals surface area contributed by atoms with E-state index in [4.69, 9.17) is 11.6 Å². The Labute approximate surface area is 124 Å². The first kappa shape index (κ1) is 13.5. The Balaban J connectivity index is 1.85. The summed E-state index contributed by atoms with van der Waals surface area (Å²) in [6, 6.07) is 8.44. The summed E-state index contributed by atoms with van der Waals surface area (Å²) in [5.74, 6) is 0.859. The topological polar surface area (TPSA) is 29.9 Å². The van der Waals surface area contributed by atoms with Crippen molar-refractivity contribution in [1.82, 2.24) is 9.78 Å². The molecule has 0 saturated heterocycles. The zero-order valence-electron chi connectivity index (χ0n) is 11.7. The Morgan fingerprint density at radius 2 is 2.00 bits per heavy atom. The number of benzene rings is 1. The fourth-order valence-electron chi connectivity index (χ4n) is 2.89. The lowest BCUT2D eigenvalue weighted by Gasteiger charge is -2.28. The number of aromatic nitrogens is 2. The molecule has 1 aromatic carbocycles. The second-order valence-electron chi connectivity index (χ2n) is 5.69. The lowest BCUT2D eigenvalue weighted by molar-refractivity contribution is 0.361. The van der Waals surface area contributed by atoms with Gasteiger partial charge in [-0.3, -0.25) is 0 Å². The van der Waals surface area contributed by atoms with Crippen LogP contribution in [0.5, 0.6) is 0 Å². The average molecular weight is 290 g/mol. The Hall–Kier alpha value is -1.48. The molecule has 20 heavy (non-hydrogen) atoms. The number of nitrogens with one attached hydrogen (secondary N) is 1. The van der Waals surface area contributed by atoms with E-state index in [0.29, 0.717) is 6.04 Å². The van der Waals surface area contributed by atoms with Gasteiger partial charge in [0.25, 0.3) is 0 Å². The first-order chi connectivity index (χ1) is 9.74. The minimum Gasteiger partial charge on any atom is -0.381 e. The SMILES string of the molecule is CC1CCC(Nc2cccc(Cl)c2-n2cccn2)CC1. The number of hydrogen-bond donors (Lipinski definition) is 1. The highest BCUT2D eigenvalue weighted by molar-refractivity contribution is 6.33. The fraction of sp³-hybridized carbons (Fsp3) is 0.438. The van der Waals surface area contributed by atoms with Crippen molar-refractivity contribution < 1.29 is 0 Å². The summed E-state index contributed by atoms with van der Waals surface area (Å²) in [5, 5.41) is 8.68. The minimum absolute atomic E-state index is 0.541. The van der Waals surface area contributed by atoms with Gasteiger partial charge in [-0.2, -0.15) is 5.10 Å². The highest BCUT2D eigenvalue weighted by atomic mass is 35.5. The van der Waals surface area contributed by atoms with Gasteiger partial charge in [0.2, 0.25) is 0 Å². The fourth-order valence-corrected chi connectivity index (χ4v) is 3.15. The highest BCUT2D eigenvalue weighted by Crippen LogP contribution is 2.31. The van der Waals surface area contributed by atoms with Crippen LogP contribution in [0.3, 0.4) is 0 Å². The van der Waals surface area contributed by atoms with Crippen LogP contribution in [0.4, 0.5) is 5.69 Å². The Morgan fingerprint density at radius 3 is 2.70 bits per heavy atom. The van der Waals surface area contributed by atoms with Gasteiger partial charge >= 0.3 is 0 Å². The molecule has 1 fully saturated rings. The third kappa shape index (κ3) is 2.83. The van der Waals surface area contributed by atoms with E-state index in [1.165, 1.54) is 25.7 Å². The van der Waals surface area contributed by atoms with Gasteiger partial charge in [0.1, 0.15) is 5.69 Å². The molecule has 0 bridgehead atoms. The number of anilines is 1. The van der Waals surface area contributed by atoms with Crippen molar-refractivity contribution in [2.45, 2.75) is 38.6 Å². The van der Waals surface area contributed by atoms with Gasteiger partial charge in [-0.15, -0.1) is 0 Å². The zero-order valence-corrected chi connectivity index (χ0v) is 12.5. The van der Waals surface area contributed by atoms with E-state index < -0.39 is 0 Å². The highest BCUT2D eigenvalue weighted by Gasteiger charge is 2.19. The largest absolute Gasteiger partial charge is 0.381 e. The van der Waals surface area contributed by atoms with Gasteiger partial charge in [-0.05, 0) is 49.8 Å². The molecular weight excluding hydrogens is 270 g/mol. The lowest BCUT2D eigenvalue weighted by atomic mass is 9.87. The van der Waals surface area contributed by atoms with Crippen LogP contribution in [0.1, 0.15) is 32.6 Å². The summed E-state index contributed by atoms with van der Waals surface area (Å²) in [6.45, 7) is 2.34. The summed E-state index contributed by atoms with van der Waals surface area (Å²) in [6.07, 6.45) is 8.76. The summed E-state index contributed by atoms with van der Waals surface area (Å²) >= 11 is 6.36. The van der Waals surface area contributed by atoms with Gasteiger partial charge in [0.15, 0.2) is 0 Å². The third-order valence-electron chi connectivity index (χ3n) is 4.10. The molecule has 1 aliphatic carbocycles.